The quantitative estimate of drug-likeness (QED) is 0.0261. The molecular formula is C71H122O6. The minimum Gasteiger partial charge on any atom is -0.462 e. The van der Waals surface area contributed by atoms with Crippen molar-refractivity contribution < 1.29 is 28.6 Å². The van der Waals surface area contributed by atoms with E-state index in [0.717, 1.165) is 96.3 Å². The number of esters is 3. The predicted octanol–water partition coefficient (Wildman–Crippen LogP) is 22.4. The van der Waals surface area contributed by atoms with Crippen molar-refractivity contribution in [1.82, 2.24) is 0 Å². The number of allylic oxidation sites excluding steroid dienone is 16. The molecule has 0 aromatic heterocycles. The zero-order chi connectivity index (χ0) is 55.7. The fraction of sp³-hybridized carbons (Fsp3) is 0.732. The highest BCUT2D eigenvalue weighted by atomic mass is 16.6. The van der Waals surface area contributed by atoms with Crippen LogP contribution in [0.25, 0.3) is 0 Å². The van der Waals surface area contributed by atoms with Gasteiger partial charge in [0.1, 0.15) is 13.2 Å². The molecule has 0 aliphatic heterocycles. The van der Waals surface area contributed by atoms with Gasteiger partial charge in [-0.25, -0.2) is 0 Å². The Balaban J connectivity index is 4.36. The molecule has 0 amide bonds. The Bertz CT molecular complexity index is 1510. The van der Waals surface area contributed by atoms with Crippen LogP contribution in [-0.2, 0) is 28.6 Å². The van der Waals surface area contributed by atoms with Gasteiger partial charge in [0.15, 0.2) is 6.10 Å². The maximum atomic E-state index is 12.9. The fourth-order valence-electron chi connectivity index (χ4n) is 9.14. The van der Waals surface area contributed by atoms with Crippen LogP contribution in [0.15, 0.2) is 97.2 Å². The standard InChI is InChI=1S/C71H122O6/c1-4-7-10-13-16-19-22-25-28-30-32-33-34-35-36-37-39-40-43-46-49-52-55-58-61-64-70(73)76-67-68(66-75-69(72)63-60-57-54-51-48-45-42-27-24-21-18-15-12-9-6-3)77-71(74)65-62-59-56-53-50-47-44-41-38-31-29-26-23-20-17-14-11-8-5-2/h9,12,17-18,20-22,25-27,29-30,32,42,48,51,68H,4-8,10-11,13-16,19,23-24,28,31,33-41,43-47,49-50,52-67H2,1-3H3/b12-9-,20-17-,21-18-,25-22-,29-26-,32-30-,42-27-,51-48-. The SMILES string of the molecule is CC/C=C\C/C=C\C/C=C\C/C=C\CCCCC(=O)OCC(COC(=O)CCCCCCCCCCCCCCC/C=C\C/C=C\CCCCCCC)OC(=O)CCCCCCCCCCC/C=C\C/C=C\CCCCC. The number of carbonyl (C=O) groups is 3. The van der Waals surface area contributed by atoms with Gasteiger partial charge in [0, 0.05) is 19.3 Å². The van der Waals surface area contributed by atoms with Gasteiger partial charge in [-0.15, -0.1) is 0 Å². The van der Waals surface area contributed by atoms with Crippen LogP contribution in [0.1, 0.15) is 316 Å². The van der Waals surface area contributed by atoms with E-state index in [1.807, 2.05) is 0 Å². The van der Waals surface area contributed by atoms with E-state index in [0.29, 0.717) is 19.3 Å². The van der Waals surface area contributed by atoms with Crippen LogP contribution in [-0.4, -0.2) is 37.2 Å². The molecule has 77 heavy (non-hydrogen) atoms. The number of unbranched alkanes of at least 4 members (excludes halogenated alkanes) is 32. The molecule has 0 radical (unpaired) electrons. The highest BCUT2D eigenvalue weighted by Gasteiger charge is 2.19. The molecule has 1 atom stereocenters. The second kappa shape index (κ2) is 64.9. The van der Waals surface area contributed by atoms with Crippen LogP contribution in [0, 0.1) is 0 Å². The highest BCUT2D eigenvalue weighted by Crippen LogP contribution is 2.16. The molecule has 0 aliphatic rings. The Morgan fingerprint density at radius 3 is 0.844 bits per heavy atom. The van der Waals surface area contributed by atoms with E-state index in [4.69, 9.17) is 14.2 Å². The molecule has 0 heterocycles. The molecule has 0 aromatic rings. The number of rotatable bonds is 59. The number of carbonyl (C=O) groups excluding carboxylic acids is 3. The second-order valence-electron chi connectivity index (χ2n) is 21.6. The molecular weight excluding hydrogens is 949 g/mol. The van der Waals surface area contributed by atoms with Crippen LogP contribution in [0.4, 0.5) is 0 Å². The summed E-state index contributed by atoms with van der Waals surface area (Å²) in [6.45, 7) is 6.48. The van der Waals surface area contributed by atoms with Crippen molar-refractivity contribution >= 4 is 17.9 Å². The lowest BCUT2D eigenvalue weighted by Crippen LogP contribution is -2.30. The van der Waals surface area contributed by atoms with Gasteiger partial charge in [-0.05, 0) is 122 Å². The molecule has 6 heteroatoms. The first-order chi connectivity index (χ1) is 38.0. The Labute approximate surface area is 477 Å². The van der Waals surface area contributed by atoms with Crippen molar-refractivity contribution in [2.45, 2.75) is 322 Å². The molecule has 0 spiro atoms. The van der Waals surface area contributed by atoms with E-state index < -0.39 is 6.10 Å². The van der Waals surface area contributed by atoms with Crippen molar-refractivity contribution in [2.24, 2.45) is 0 Å². The summed E-state index contributed by atoms with van der Waals surface area (Å²) in [5.41, 5.74) is 0. The molecule has 442 valence electrons. The monoisotopic (exact) mass is 1070 g/mol. The highest BCUT2D eigenvalue weighted by molar-refractivity contribution is 5.71. The molecule has 0 saturated heterocycles. The van der Waals surface area contributed by atoms with Gasteiger partial charge in [-0.3, -0.25) is 14.4 Å². The zero-order valence-electron chi connectivity index (χ0n) is 50.7. The summed E-state index contributed by atoms with van der Waals surface area (Å²) in [5, 5.41) is 0. The topological polar surface area (TPSA) is 78.9 Å². The van der Waals surface area contributed by atoms with E-state index in [1.54, 1.807) is 0 Å². The lowest BCUT2D eigenvalue weighted by atomic mass is 10.0. The average molecular weight is 1070 g/mol. The number of ether oxygens (including phenoxy) is 3. The average Bonchev–Trinajstić information content (AvgIpc) is 3.43. The van der Waals surface area contributed by atoms with Crippen molar-refractivity contribution in [3.05, 3.63) is 97.2 Å². The molecule has 0 bridgehead atoms. The van der Waals surface area contributed by atoms with Gasteiger partial charge >= 0.3 is 17.9 Å². The van der Waals surface area contributed by atoms with Crippen LogP contribution in [0.5, 0.6) is 0 Å². The normalized spacial score (nSPS) is 12.7. The summed E-state index contributed by atoms with van der Waals surface area (Å²) in [7, 11) is 0. The maximum absolute atomic E-state index is 12.9. The third-order valence-corrected chi connectivity index (χ3v) is 14.0. The second-order valence-corrected chi connectivity index (χ2v) is 21.6. The third kappa shape index (κ3) is 63.0. The molecule has 0 rings (SSSR count). The van der Waals surface area contributed by atoms with Crippen molar-refractivity contribution in [3.63, 3.8) is 0 Å². The first-order valence-corrected chi connectivity index (χ1v) is 32.7. The van der Waals surface area contributed by atoms with Gasteiger partial charge in [0.25, 0.3) is 0 Å². The Morgan fingerprint density at radius 2 is 0.506 bits per heavy atom. The first kappa shape index (κ1) is 73.3. The zero-order valence-corrected chi connectivity index (χ0v) is 50.7. The van der Waals surface area contributed by atoms with Gasteiger partial charge in [0.2, 0.25) is 0 Å². The van der Waals surface area contributed by atoms with Gasteiger partial charge in [-0.2, -0.15) is 0 Å². The predicted molar refractivity (Wildman–Crippen MR) is 334 cm³/mol. The van der Waals surface area contributed by atoms with E-state index in [-0.39, 0.29) is 31.1 Å². The van der Waals surface area contributed by atoms with Gasteiger partial charge in [-0.1, -0.05) is 272 Å². The van der Waals surface area contributed by atoms with Crippen LogP contribution < -0.4 is 0 Å². The first-order valence-electron chi connectivity index (χ1n) is 32.7. The molecule has 6 nitrogen and oxygen atoms in total. The molecule has 0 aromatic carbocycles. The van der Waals surface area contributed by atoms with E-state index in [2.05, 4.69) is 118 Å². The van der Waals surface area contributed by atoms with Gasteiger partial charge < -0.3 is 14.2 Å². The van der Waals surface area contributed by atoms with E-state index >= 15 is 0 Å². The summed E-state index contributed by atoms with van der Waals surface area (Å²) in [5.74, 6) is -0.930. The fourth-order valence-corrected chi connectivity index (χ4v) is 9.14. The molecule has 0 aliphatic carbocycles. The number of hydrogen-bond donors (Lipinski definition) is 0. The van der Waals surface area contributed by atoms with Crippen LogP contribution >= 0.6 is 0 Å². The van der Waals surface area contributed by atoms with E-state index in [1.165, 1.54) is 180 Å². The summed E-state index contributed by atoms with van der Waals surface area (Å²) in [4.78, 5) is 38.3. The lowest BCUT2D eigenvalue weighted by Gasteiger charge is -2.18. The Kier molecular flexibility index (Phi) is 61.8. The lowest BCUT2D eigenvalue weighted by molar-refractivity contribution is -0.167. The van der Waals surface area contributed by atoms with Gasteiger partial charge in [0.05, 0.1) is 0 Å². The molecule has 0 saturated carbocycles. The van der Waals surface area contributed by atoms with Crippen LogP contribution in [0.3, 0.4) is 0 Å². The summed E-state index contributed by atoms with van der Waals surface area (Å²) in [6.07, 6.45) is 87.0. The minimum atomic E-state index is -0.799. The Morgan fingerprint density at radius 1 is 0.273 bits per heavy atom. The number of hydrogen-bond acceptors (Lipinski definition) is 6. The molecule has 0 fully saturated rings. The van der Waals surface area contributed by atoms with Crippen LogP contribution in [0.2, 0.25) is 0 Å². The van der Waals surface area contributed by atoms with Crippen molar-refractivity contribution in [1.29, 1.82) is 0 Å². The largest absolute Gasteiger partial charge is 0.462 e. The summed E-state index contributed by atoms with van der Waals surface area (Å²) < 4.78 is 16.9. The molecule has 0 N–H and O–H groups in total. The van der Waals surface area contributed by atoms with E-state index in [9.17, 15) is 14.4 Å². The minimum absolute atomic E-state index is 0.0920. The maximum Gasteiger partial charge on any atom is 0.306 e. The van der Waals surface area contributed by atoms with Crippen molar-refractivity contribution in [3.8, 4) is 0 Å². The summed E-state index contributed by atoms with van der Waals surface area (Å²) >= 11 is 0. The van der Waals surface area contributed by atoms with Crippen molar-refractivity contribution in [2.75, 3.05) is 13.2 Å². The third-order valence-electron chi connectivity index (χ3n) is 14.0. The molecule has 1 unspecified atom stereocenters. The Hall–Kier alpha value is -3.67. The summed E-state index contributed by atoms with van der Waals surface area (Å²) in [6, 6.07) is 0. The smallest absolute Gasteiger partial charge is 0.306 e.